The number of rotatable bonds is 6. The highest BCUT2D eigenvalue weighted by molar-refractivity contribution is 5.80. The highest BCUT2D eigenvalue weighted by atomic mass is 19.4. The van der Waals surface area contributed by atoms with E-state index in [1.54, 1.807) is 44.2 Å². The average molecular weight is 409 g/mol. The molecule has 1 unspecified atom stereocenters. The van der Waals surface area contributed by atoms with Crippen LogP contribution in [-0.4, -0.2) is 29.0 Å². The molecule has 3 nitrogen and oxygen atoms in total. The van der Waals surface area contributed by atoms with Crippen molar-refractivity contribution in [1.29, 1.82) is 0 Å². The number of aliphatic hydroxyl groups is 1. The maximum absolute atomic E-state index is 14.0. The topological polar surface area (TPSA) is 45.2 Å². The number of halogens is 4. The summed E-state index contributed by atoms with van der Waals surface area (Å²) in [5.74, 6) is -0.407. The molecule has 0 aliphatic rings. The maximum atomic E-state index is 14.0. The monoisotopic (exact) mass is 409 g/mol. The SMILES string of the molecule is COc1cc(F)ccc1C(C)(C)CC(O)(Cc1cc2ccccc2[nH]1)C(F)(F)F. The summed E-state index contributed by atoms with van der Waals surface area (Å²) >= 11 is 0. The Morgan fingerprint density at radius 3 is 2.34 bits per heavy atom. The van der Waals surface area contributed by atoms with Gasteiger partial charge in [-0.25, -0.2) is 4.39 Å². The lowest BCUT2D eigenvalue weighted by Crippen LogP contribution is -2.51. The third kappa shape index (κ3) is 4.24. The maximum Gasteiger partial charge on any atom is 0.417 e. The zero-order valence-electron chi connectivity index (χ0n) is 16.4. The van der Waals surface area contributed by atoms with Gasteiger partial charge in [0, 0.05) is 29.3 Å². The molecular formula is C22H23F4NO2. The summed E-state index contributed by atoms with van der Waals surface area (Å²) in [6.45, 7) is 3.15. The van der Waals surface area contributed by atoms with Gasteiger partial charge in [0.25, 0.3) is 0 Å². The van der Waals surface area contributed by atoms with E-state index >= 15 is 0 Å². The minimum Gasteiger partial charge on any atom is -0.496 e. The number of fused-ring (bicyclic) bond motifs is 1. The average Bonchev–Trinajstić information content (AvgIpc) is 3.01. The van der Waals surface area contributed by atoms with Crippen LogP contribution in [0.1, 0.15) is 31.5 Å². The summed E-state index contributed by atoms with van der Waals surface area (Å²) in [5, 5.41) is 11.6. The lowest BCUT2D eigenvalue weighted by atomic mass is 9.73. The van der Waals surface area contributed by atoms with Gasteiger partial charge in [0.1, 0.15) is 11.6 Å². The van der Waals surface area contributed by atoms with Gasteiger partial charge in [-0.05, 0) is 35.4 Å². The number of para-hydroxylation sites is 1. The van der Waals surface area contributed by atoms with E-state index in [0.717, 1.165) is 11.5 Å². The van der Waals surface area contributed by atoms with E-state index in [4.69, 9.17) is 4.74 Å². The fourth-order valence-electron chi connectivity index (χ4n) is 3.86. The minimum absolute atomic E-state index is 0.144. The van der Waals surface area contributed by atoms with Crippen molar-refractivity contribution in [2.45, 2.75) is 43.9 Å². The van der Waals surface area contributed by atoms with E-state index in [2.05, 4.69) is 4.98 Å². The summed E-state index contributed by atoms with van der Waals surface area (Å²) in [5.41, 5.74) is -2.76. The summed E-state index contributed by atoms with van der Waals surface area (Å²) in [7, 11) is 1.33. The lowest BCUT2D eigenvalue weighted by Gasteiger charge is -2.38. The third-order valence-electron chi connectivity index (χ3n) is 5.22. The number of ether oxygens (including phenoxy) is 1. The van der Waals surface area contributed by atoms with Crippen molar-refractivity contribution in [1.82, 2.24) is 4.98 Å². The molecule has 0 amide bonds. The number of nitrogens with one attached hydrogen (secondary N) is 1. The van der Waals surface area contributed by atoms with Gasteiger partial charge in [0.2, 0.25) is 0 Å². The molecule has 1 aromatic heterocycles. The number of hydrogen-bond donors (Lipinski definition) is 2. The molecule has 0 bridgehead atoms. The van der Waals surface area contributed by atoms with Crippen LogP contribution in [0.25, 0.3) is 10.9 Å². The van der Waals surface area contributed by atoms with Crippen LogP contribution in [0.4, 0.5) is 17.6 Å². The normalized spacial score (nSPS) is 14.8. The van der Waals surface area contributed by atoms with E-state index in [0.29, 0.717) is 11.1 Å². The van der Waals surface area contributed by atoms with Crippen molar-refractivity contribution in [2.24, 2.45) is 0 Å². The molecule has 0 spiro atoms. The number of methoxy groups -OCH3 is 1. The number of benzene rings is 2. The lowest BCUT2D eigenvalue weighted by molar-refractivity contribution is -0.266. The van der Waals surface area contributed by atoms with Crippen LogP contribution >= 0.6 is 0 Å². The van der Waals surface area contributed by atoms with Crippen molar-refractivity contribution in [3.8, 4) is 5.75 Å². The second kappa shape index (κ2) is 7.37. The first-order valence-electron chi connectivity index (χ1n) is 9.15. The second-order valence-corrected chi connectivity index (χ2v) is 7.99. The van der Waals surface area contributed by atoms with Gasteiger partial charge in [0.05, 0.1) is 7.11 Å². The minimum atomic E-state index is -4.87. The Morgan fingerprint density at radius 2 is 1.72 bits per heavy atom. The summed E-state index contributed by atoms with van der Waals surface area (Å²) in [6.07, 6.45) is -6.12. The van der Waals surface area contributed by atoms with E-state index in [-0.39, 0.29) is 11.4 Å². The van der Waals surface area contributed by atoms with Crippen LogP contribution in [0.3, 0.4) is 0 Å². The predicted molar refractivity (Wildman–Crippen MR) is 104 cm³/mol. The van der Waals surface area contributed by atoms with E-state index in [1.807, 2.05) is 0 Å². The largest absolute Gasteiger partial charge is 0.496 e. The molecule has 29 heavy (non-hydrogen) atoms. The Kier molecular flexibility index (Phi) is 5.38. The second-order valence-electron chi connectivity index (χ2n) is 7.99. The smallest absolute Gasteiger partial charge is 0.417 e. The van der Waals surface area contributed by atoms with Gasteiger partial charge < -0.3 is 14.8 Å². The van der Waals surface area contributed by atoms with Crippen molar-refractivity contribution in [2.75, 3.05) is 7.11 Å². The fourth-order valence-corrected chi connectivity index (χ4v) is 3.86. The van der Waals surface area contributed by atoms with Gasteiger partial charge in [-0.2, -0.15) is 13.2 Å². The highest BCUT2D eigenvalue weighted by Crippen LogP contribution is 2.45. The number of aromatic nitrogens is 1. The molecule has 1 heterocycles. The van der Waals surface area contributed by atoms with Gasteiger partial charge in [-0.15, -0.1) is 0 Å². The predicted octanol–water partition coefficient (Wildman–Crippen LogP) is 5.52. The first-order chi connectivity index (χ1) is 13.4. The summed E-state index contributed by atoms with van der Waals surface area (Å²) < 4.78 is 60.6. The van der Waals surface area contributed by atoms with E-state index < -0.39 is 35.9 Å². The molecule has 0 saturated heterocycles. The zero-order valence-corrected chi connectivity index (χ0v) is 16.4. The zero-order chi connectivity index (χ0) is 21.4. The van der Waals surface area contributed by atoms with Crippen LogP contribution < -0.4 is 4.74 Å². The molecule has 2 N–H and O–H groups in total. The van der Waals surface area contributed by atoms with Gasteiger partial charge in [-0.3, -0.25) is 0 Å². The molecule has 1 atom stereocenters. The molecular weight excluding hydrogens is 386 g/mol. The first kappa shape index (κ1) is 21.2. The van der Waals surface area contributed by atoms with Gasteiger partial charge in [-0.1, -0.05) is 38.1 Å². The molecule has 0 radical (unpaired) electrons. The molecule has 0 fully saturated rings. The molecule has 7 heteroatoms. The Labute approximate surface area is 166 Å². The molecule has 0 aliphatic carbocycles. The molecule has 0 saturated carbocycles. The highest BCUT2D eigenvalue weighted by Gasteiger charge is 2.56. The van der Waals surface area contributed by atoms with Gasteiger partial charge in [0.15, 0.2) is 5.60 Å². The van der Waals surface area contributed by atoms with Crippen LogP contribution in [0, 0.1) is 5.82 Å². The van der Waals surface area contributed by atoms with Gasteiger partial charge >= 0.3 is 6.18 Å². The van der Waals surface area contributed by atoms with Crippen molar-refractivity contribution >= 4 is 10.9 Å². The van der Waals surface area contributed by atoms with E-state index in [1.165, 1.54) is 19.2 Å². The first-order valence-corrected chi connectivity index (χ1v) is 9.15. The molecule has 2 aromatic carbocycles. The van der Waals surface area contributed by atoms with Crippen molar-refractivity contribution in [3.63, 3.8) is 0 Å². The van der Waals surface area contributed by atoms with Crippen LogP contribution in [0.2, 0.25) is 0 Å². The van der Waals surface area contributed by atoms with Crippen LogP contribution in [-0.2, 0) is 11.8 Å². The standard InChI is InChI=1S/C22H23F4NO2/c1-20(2,17-9-8-15(23)11-19(17)29-3)13-21(28,22(24,25)26)12-16-10-14-6-4-5-7-18(14)27-16/h4-11,27-28H,12-13H2,1-3H3. The molecule has 3 aromatic rings. The Morgan fingerprint density at radius 1 is 1.03 bits per heavy atom. The number of H-pyrrole nitrogens is 1. The molecule has 156 valence electrons. The number of aromatic amines is 1. The fraction of sp³-hybridized carbons (Fsp3) is 0.364. The Bertz CT molecular complexity index is 976. The Hall–Kier alpha value is -2.54. The van der Waals surface area contributed by atoms with E-state index in [9.17, 15) is 22.7 Å². The van der Waals surface area contributed by atoms with Crippen LogP contribution in [0.15, 0.2) is 48.5 Å². The third-order valence-corrected chi connectivity index (χ3v) is 5.22. The Balaban J connectivity index is 1.98. The summed E-state index contributed by atoms with van der Waals surface area (Å²) in [4.78, 5) is 2.94. The number of alkyl halides is 3. The number of hydrogen-bond acceptors (Lipinski definition) is 2. The molecule has 3 rings (SSSR count). The summed E-state index contributed by atoms with van der Waals surface area (Å²) in [6, 6.07) is 12.4. The van der Waals surface area contributed by atoms with Crippen molar-refractivity contribution in [3.05, 3.63) is 65.6 Å². The van der Waals surface area contributed by atoms with Crippen LogP contribution in [0.5, 0.6) is 5.75 Å². The quantitative estimate of drug-likeness (QED) is 0.527. The van der Waals surface area contributed by atoms with Crippen molar-refractivity contribution < 1.29 is 27.4 Å². The molecule has 0 aliphatic heterocycles.